The number of hydrogen-bond donors (Lipinski definition) is 2. The molecule has 6 heteroatoms. The zero-order chi connectivity index (χ0) is 11.3. The second-order valence-electron chi connectivity index (χ2n) is 3.96. The summed E-state index contributed by atoms with van der Waals surface area (Å²) in [5, 5.41) is 17.3. The lowest BCUT2D eigenvalue weighted by Crippen LogP contribution is -2.39. The van der Waals surface area contributed by atoms with E-state index in [2.05, 4.69) is 39.8 Å². The number of rotatable bonds is 6. The summed E-state index contributed by atoms with van der Waals surface area (Å²) in [5.41, 5.74) is 0. The van der Waals surface area contributed by atoms with Crippen LogP contribution in [-0.2, 0) is 4.74 Å². The van der Waals surface area contributed by atoms with E-state index in [1.807, 2.05) is 6.92 Å². The van der Waals surface area contributed by atoms with E-state index in [9.17, 15) is 0 Å². The minimum Gasteiger partial charge on any atom is -0.383 e. The fraction of sp³-hybridized carbons (Fsp3) is 0.889. The van der Waals surface area contributed by atoms with Gasteiger partial charge in [-0.05, 0) is 12.8 Å². The molecule has 0 aromatic carbocycles. The van der Waals surface area contributed by atoms with Gasteiger partial charge in [-0.2, -0.15) is 5.21 Å². The van der Waals surface area contributed by atoms with E-state index in [0.29, 0.717) is 24.4 Å². The average Bonchev–Trinajstić information content (AvgIpc) is 2.69. The van der Waals surface area contributed by atoms with Crippen LogP contribution in [0.25, 0.3) is 0 Å². The summed E-state index contributed by atoms with van der Waals surface area (Å²) in [6.07, 6.45) is 0. The summed E-state index contributed by atoms with van der Waals surface area (Å²) in [7, 11) is 1.70. The molecule has 86 valence electrons. The molecular weight excluding hydrogens is 194 g/mol. The van der Waals surface area contributed by atoms with E-state index < -0.39 is 0 Å². The highest BCUT2D eigenvalue weighted by Crippen LogP contribution is 2.10. The van der Waals surface area contributed by atoms with Crippen LogP contribution < -0.4 is 5.32 Å². The molecule has 2 N–H and O–H groups in total. The monoisotopic (exact) mass is 213 g/mol. The topological polar surface area (TPSA) is 75.7 Å². The van der Waals surface area contributed by atoms with E-state index in [-0.39, 0.29) is 6.04 Å². The number of H-pyrrole nitrogens is 1. The molecule has 0 saturated heterocycles. The molecule has 0 saturated carbocycles. The summed E-state index contributed by atoms with van der Waals surface area (Å²) < 4.78 is 5.16. The number of hydrogen-bond acceptors (Lipinski definition) is 5. The maximum Gasteiger partial charge on any atom is 0.191 e. The lowest BCUT2D eigenvalue weighted by molar-refractivity contribution is 0.141. The molecule has 2 atom stereocenters. The van der Waals surface area contributed by atoms with E-state index >= 15 is 0 Å². The van der Waals surface area contributed by atoms with Gasteiger partial charge in [0.1, 0.15) is 0 Å². The van der Waals surface area contributed by atoms with E-state index in [0.717, 1.165) is 0 Å². The third-order valence-corrected chi connectivity index (χ3v) is 2.36. The first-order valence-electron chi connectivity index (χ1n) is 5.13. The maximum absolute atomic E-state index is 5.16. The molecule has 2 unspecified atom stereocenters. The first-order chi connectivity index (χ1) is 7.15. The summed E-state index contributed by atoms with van der Waals surface area (Å²) in [4.78, 5) is 0. The Hall–Kier alpha value is -1.01. The normalized spacial score (nSPS) is 15.5. The second-order valence-corrected chi connectivity index (χ2v) is 3.96. The molecule has 6 nitrogen and oxygen atoms in total. The van der Waals surface area contributed by atoms with Crippen molar-refractivity contribution in [1.29, 1.82) is 0 Å². The molecule has 1 aromatic rings. The largest absolute Gasteiger partial charge is 0.383 e. The Morgan fingerprint density at radius 2 is 2.13 bits per heavy atom. The van der Waals surface area contributed by atoms with Crippen molar-refractivity contribution in [2.45, 2.75) is 32.9 Å². The SMILES string of the molecule is COCC(NC(C)c1nn[nH]n1)C(C)C. The Labute approximate surface area is 89.8 Å². The number of aromatic nitrogens is 4. The van der Waals surface area contributed by atoms with Gasteiger partial charge in [-0.3, -0.25) is 0 Å². The fourth-order valence-electron chi connectivity index (χ4n) is 1.36. The van der Waals surface area contributed by atoms with Crippen molar-refractivity contribution in [3.63, 3.8) is 0 Å². The van der Waals surface area contributed by atoms with Crippen LogP contribution in [0.5, 0.6) is 0 Å². The Kier molecular flexibility index (Phi) is 4.64. The Balaban J connectivity index is 2.50. The molecule has 0 aliphatic carbocycles. The van der Waals surface area contributed by atoms with Crippen molar-refractivity contribution < 1.29 is 4.74 Å². The standard InChI is InChI=1S/C9H19N5O/c1-6(2)8(5-15-4)10-7(3)9-11-13-14-12-9/h6-8,10H,5H2,1-4H3,(H,11,12,13,14). The van der Waals surface area contributed by atoms with Crippen LogP contribution in [0.1, 0.15) is 32.6 Å². The van der Waals surface area contributed by atoms with Crippen LogP contribution in [0, 0.1) is 5.92 Å². The van der Waals surface area contributed by atoms with E-state index in [1.54, 1.807) is 7.11 Å². The van der Waals surface area contributed by atoms with Gasteiger partial charge in [0.15, 0.2) is 5.82 Å². The predicted octanol–water partition coefficient (Wildman–Crippen LogP) is 0.521. The summed E-state index contributed by atoms with van der Waals surface area (Å²) >= 11 is 0. The maximum atomic E-state index is 5.16. The van der Waals surface area contributed by atoms with Gasteiger partial charge in [0.05, 0.1) is 12.6 Å². The number of aromatic amines is 1. The van der Waals surface area contributed by atoms with Crippen LogP contribution in [0.15, 0.2) is 0 Å². The van der Waals surface area contributed by atoms with Crippen LogP contribution >= 0.6 is 0 Å². The lowest BCUT2D eigenvalue weighted by Gasteiger charge is -2.24. The first-order valence-corrected chi connectivity index (χ1v) is 5.13. The minimum absolute atomic E-state index is 0.0753. The predicted molar refractivity (Wildman–Crippen MR) is 56.2 cm³/mol. The van der Waals surface area contributed by atoms with Gasteiger partial charge in [0, 0.05) is 13.2 Å². The number of ether oxygens (including phenoxy) is 1. The van der Waals surface area contributed by atoms with Gasteiger partial charge in [-0.25, -0.2) is 0 Å². The van der Waals surface area contributed by atoms with Crippen LogP contribution in [0.2, 0.25) is 0 Å². The van der Waals surface area contributed by atoms with Crippen LogP contribution in [-0.4, -0.2) is 40.4 Å². The van der Waals surface area contributed by atoms with Crippen molar-refractivity contribution in [3.8, 4) is 0 Å². The second kappa shape index (κ2) is 5.77. The molecule has 0 amide bonds. The van der Waals surface area contributed by atoms with Crippen molar-refractivity contribution in [2.75, 3.05) is 13.7 Å². The number of tetrazole rings is 1. The van der Waals surface area contributed by atoms with E-state index in [4.69, 9.17) is 4.74 Å². The van der Waals surface area contributed by atoms with Gasteiger partial charge in [0.2, 0.25) is 0 Å². The first kappa shape index (κ1) is 12.1. The van der Waals surface area contributed by atoms with Gasteiger partial charge < -0.3 is 10.1 Å². The highest BCUT2D eigenvalue weighted by molar-refractivity contribution is 4.88. The highest BCUT2D eigenvalue weighted by Gasteiger charge is 2.18. The average molecular weight is 213 g/mol. The molecule has 1 aromatic heterocycles. The third kappa shape index (κ3) is 3.56. The molecule has 0 fully saturated rings. The number of nitrogens with one attached hydrogen (secondary N) is 2. The van der Waals surface area contributed by atoms with Gasteiger partial charge in [-0.1, -0.05) is 19.1 Å². The van der Waals surface area contributed by atoms with Crippen LogP contribution in [0.3, 0.4) is 0 Å². The van der Waals surface area contributed by atoms with Gasteiger partial charge in [-0.15, -0.1) is 10.2 Å². The Morgan fingerprint density at radius 3 is 2.60 bits per heavy atom. The molecule has 15 heavy (non-hydrogen) atoms. The highest BCUT2D eigenvalue weighted by atomic mass is 16.5. The summed E-state index contributed by atoms with van der Waals surface area (Å²) in [6, 6.07) is 0.370. The minimum atomic E-state index is 0.0753. The molecule has 0 spiro atoms. The van der Waals surface area contributed by atoms with E-state index in [1.165, 1.54) is 0 Å². The van der Waals surface area contributed by atoms with Crippen molar-refractivity contribution >= 4 is 0 Å². The zero-order valence-corrected chi connectivity index (χ0v) is 9.69. The lowest BCUT2D eigenvalue weighted by atomic mass is 10.0. The van der Waals surface area contributed by atoms with Gasteiger partial charge in [0.25, 0.3) is 0 Å². The van der Waals surface area contributed by atoms with Gasteiger partial charge >= 0.3 is 0 Å². The van der Waals surface area contributed by atoms with Crippen molar-refractivity contribution in [1.82, 2.24) is 25.9 Å². The molecule has 0 aliphatic heterocycles. The molecule has 1 heterocycles. The van der Waals surface area contributed by atoms with Crippen LogP contribution in [0.4, 0.5) is 0 Å². The Morgan fingerprint density at radius 1 is 1.40 bits per heavy atom. The van der Waals surface area contributed by atoms with Crippen molar-refractivity contribution in [3.05, 3.63) is 5.82 Å². The molecule has 0 radical (unpaired) electrons. The summed E-state index contributed by atoms with van der Waals surface area (Å²) in [6.45, 7) is 7.00. The number of methoxy groups -OCH3 is 1. The van der Waals surface area contributed by atoms with Crippen molar-refractivity contribution in [2.24, 2.45) is 5.92 Å². The fourth-order valence-corrected chi connectivity index (χ4v) is 1.36. The summed E-state index contributed by atoms with van der Waals surface area (Å²) in [5.74, 6) is 1.18. The number of nitrogens with zero attached hydrogens (tertiary/aromatic N) is 3. The molecular formula is C9H19N5O. The molecule has 1 rings (SSSR count). The Bertz CT molecular complexity index is 261. The smallest absolute Gasteiger partial charge is 0.191 e. The molecule has 0 aliphatic rings. The zero-order valence-electron chi connectivity index (χ0n) is 9.69. The quantitative estimate of drug-likeness (QED) is 0.720. The molecule has 0 bridgehead atoms. The third-order valence-electron chi connectivity index (χ3n) is 2.36.